The standard InChI is InChI=1S/C11H20N2O2/c1-3-4-10(14)7-13(2)8-11(15)12-9-5-6-9/h9H,3-8H2,1-2H3,(H,12,15). The van der Waals surface area contributed by atoms with E-state index in [2.05, 4.69) is 5.32 Å². The van der Waals surface area contributed by atoms with Crippen LogP contribution in [-0.4, -0.2) is 42.8 Å². The van der Waals surface area contributed by atoms with Crippen molar-refractivity contribution >= 4 is 11.7 Å². The van der Waals surface area contributed by atoms with E-state index in [0.717, 1.165) is 19.3 Å². The van der Waals surface area contributed by atoms with Crippen LogP contribution in [0.5, 0.6) is 0 Å². The average Bonchev–Trinajstić information content (AvgIpc) is 2.87. The van der Waals surface area contributed by atoms with E-state index >= 15 is 0 Å². The average molecular weight is 212 g/mol. The molecule has 1 amide bonds. The Labute approximate surface area is 91.0 Å². The van der Waals surface area contributed by atoms with Crippen LogP contribution in [-0.2, 0) is 9.59 Å². The van der Waals surface area contributed by atoms with E-state index in [4.69, 9.17) is 0 Å². The summed E-state index contributed by atoms with van der Waals surface area (Å²) in [5.41, 5.74) is 0. The Balaban J connectivity index is 2.13. The maximum atomic E-state index is 11.4. The molecule has 0 spiro atoms. The zero-order valence-corrected chi connectivity index (χ0v) is 9.58. The zero-order chi connectivity index (χ0) is 11.3. The van der Waals surface area contributed by atoms with E-state index in [0.29, 0.717) is 25.6 Å². The van der Waals surface area contributed by atoms with Gasteiger partial charge in [0.05, 0.1) is 13.1 Å². The number of hydrogen-bond acceptors (Lipinski definition) is 3. The lowest BCUT2D eigenvalue weighted by Crippen LogP contribution is -2.38. The van der Waals surface area contributed by atoms with Crippen LogP contribution in [0.4, 0.5) is 0 Å². The summed E-state index contributed by atoms with van der Waals surface area (Å²) in [5, 5.41) is 2.90. The molecule has 86 valence electrons. The number of ketones is 1. The maximum Gasteiger partial charge on any atom is 0.234 e. The number of nitrogens with zero attached hydrogens (tertiary/aromatic N) is 1. The molecule has 0 radical (unpaired) electrons. The minimum Gasteiger partial charge on any atom is -0.352 e. The SMILES string of the molecule is CCCC(=O)CN(C)CC(=O)NC1CC1. The summed E-state index contributed by atoms with van der Waals surface area (Å²) >= 11 is 0. The van der Waals surface area contributed by atoms with Gasteiger partial charge in [0, 0.05) is 12.5 Å². The van der Waals surface area contributed by atoms with Crippen LogP contribution < -0.4 is 5.32 Å². The Hall–Kier alpha value is -0.900. The van der Waals surface area contributed by atoms with E-state index < -0.39 is 0 Å². The van der Waals surface area contributed by atoms with Gasteiger partial charge in [0.2, 0.25) is 5.91 Å². The van der Waals surface area contributed by atoms with Crippen molar-refractivity contribution in [2.45, 2.75) is 38.6 Å². The Kier molecular flexibility index (Phi) is 4.75. The molecule has 15 heavy (non-hydrogen) atoms. The third kappa shape index (κ3) is 5.52. The summed E-state index contributed by atoms with van der Waals surface area (Å²) in [5.74, 6) is 0.239. The first kappa shape index (κ1) is 12.2. The van der Waals surface area contributed by atoms with Gasteiger partial charge in [-0.1, -0.05) is 6.92 Å². The second-order valence-corrected chi connectivity index (χ2v) is 4.30. The lowest BCUT2D eigenvalue weighted by atomic mass is 10.2. The fourth-order valence-corrected chi connectivity index (χ4v) is 1.46. The first-order chi connectivity index (χ1) is 7.11. The number of carbonyl (C=O) groups excluding carboxylic acids is 2. The zero-order valence-electron chi connectivity index (χ0n) is 9.58. The molecule has 0 atom stereocenters. The van der Waals surface area contributed by atoms with Crippen molar-refractivity contribution in [1.29, 1.82) is 0 Å². The van der Waals surface area contributed by atoms with E-state index in [1.807, 2.05) is 6.92 Å². The smallest absolute Gasteiger partial charge is 0.234 e. The largest absolute Gasteiger partial charge is 0.352 e. The van der Waals surface area contributed by atoms with Gasteiger partial charge < -0.3 is 5.32 Å². The maximum absolute atomic E-state index is 11.4. The summed E-state index contributed by atoms with van der Waals surface area (Å²) < 4.78 is 0. The topological polar surface area (TPSA) is 49.4 Å². The Morgan fingerprint density at radius 3 is 2.53 bits per heavy atom. The molecule has 0 aromatic heterocycles. The fourth-order valence-electron chi connectivity index (χ4n) is 1.46. The number of hydrogen-bond donors (Lipinski definition) is 1. The van der Waals surface area contributed by atoms with Gasteiger partial charge in [-0.15, -0.1) is 0 Å². The van der Waals surface area contributed by atoms with Gasteiger partial charge in [0.15, 0.2) is 0 Å². The molecule has 1 aliphatic rings. The van der Waals surface area contributed by atoms with Crippen LogP contribution in [0.15, 0.2) is 0 Å². The van der Waals surface area contributed by atoms with Crippen molar-refractivity contribution in [3.05, 3.63) is 0 Å². The van der Waals surface area contributed by atoms with E-state index in [1.54, 1.807) is 11.9 Å². The highest BCUT2D eigenvalue weighted by atomic mass is 16.2. The number of rotatable bonds is 7. The first-order valence-electron chi connectivity index (χ1n) is 5.61. The minimum atomic E-state index is 0.0318. The van der Waals surface area contributed by atoms with Crippen LogP contribution >= 0.6 is 0 Å². The molecule has 1 rings (SSSR count). The second-order valence-electron chi connectivity index (χ2n) is 4.30. The molecule has 4 heteroatoms. The Morgan fingerprint density at radius 2 is 2.00 bits per heavy atom. The lowest BCUT2D eigenvalue weighted by Gasteiger charge is -2.14. The van der Waals surface area contributed by atoms with Crippen LogP contribution in [0, 0.1) is 0 Å². The van der Waals surface area contributed by atoms with Crippen LogP contribution in [0.1, 0.15) is 32.6 Å². The highest BCUT2D eigenvalue weighted by Gasteiger charge is 2.23. The summed E-state index contributed by atoms with van der Waals surface area (Å²) in [6.45, 7) is 2.69. The molecular weight excluding hydrogens is 192 g/mol. The van der Waals surface area contributed by atoms with Crippen molar-refractivity contribution in [2.75, 3.05) is 20.1 Å². The van der Waals surface area contributed by atoms with E-state index in [-0.39, 0.29) is 11.7 Å². The molecule has 0 aromatic carbocycles. The van der Waals surface area contributed by atoms with Gasteiger partial charge in [0.25, 0.3) is 0 Å². The molecule has 1 saturated carbocycles. The second kappa shape index (κ2) is 5.85. The molecule has 0 unspecified atom stereocenters. The van der Waals surface area contributed by atoms with Gasteiger partial charge in [-0.2, -0.15) is 0 Å². The van der Waals surface area contributed by atoms with Crippen molar-refractivity contribution < 1.29 is 9.59 Å². The number of likely N-dealkylation sites (N-methyl/N-ethyl adjacent to an activating group) is 1. The summed E-state index contributed by atoms with van der Waals surface area (Å²) in [4.78, 5) is 24.4. The lowest BCUT2D eigenvalue weighted by molar-refractivity contribution is -0.123. The van der Waals surface area contributed by atoms with E-state index in [1.165, 1.54) is 0 Å². The van der Waals surface area contributed by atoms with Gasteiger partial charge in [-0.3, -0.25) is 14.5 Å². The molecule has 1 aliphatic carbocycles. The van der Waals surface area contributed by atoms with Crippen LogP contribution in [0.3, 0.4) is 0 Å². The number of Topliss-reactive ketones (excluding diaryl/α,β-unsaturated/α-hetero) is 1. The molecular formula is C11H20N2O2. The van der Waals surface area contributed by atoms with Gasteiger partial charge in [-0.05, 0) is 26.3 Å². The minimum absolute atomic E-state index is 0.0318. The Morgan fingerprint density at radius 1 is 1.33 bits per heavy atom. The first-order valence-corrected chi connectivity index (χ1v) is 5.61. The molecule has 1 N–H and O–H groups in total. The number of nitrogens with one attached hydrogen (secondary N) is 1. The monoisotopic (exact) mass is 212 g/mol. The molecule has 1 fully saturated rings. The van der Waals surface area contributed by atoms with Crippen molar-refractivity contribution in [3.8, 4) is 0 Å². The van der Waals surface area contributed by atoms with Gasteiger partial charge in [0.1, 0.15) is 5.78 Å². The molecule has 0 heterocycles. The summed E-state index contributed by atoms with van der Waals surface area (Å²) in [7, 11) is 1.81. The quantitative estimate of drug-likeness (QED) is 0.671. The van der Waals surface area contributed by atoms with Gasteiger partial charge >= 0.3 is 0 Å². The molecule has 0 saturated heterocycles. The van der Waals surface area contributed by atoms with Crippen LogP contribution in [0.25, 0.3) is 0 Å². The van der Waals surface area contributed by atoms with Crippen LogP contribution in [0.2, 0.25) is 0 Å². The number of carbonyl (C=O) groups is 2. The summed E-state index contributed by atoms with van der Waals surface area (Å²) in [6.07, 6.45) is 3.68. The normalized spacial score (nSPS) is 15.4. The third-order valence-electron chi connectivity index (χ3n) is 2.33. The fraction of sp³-hybridized carbons (Fsp3) is 0.818. The highest BCUT2D eigenvalue weighted by Crippen LogP contribution is 2.18. The van der Waals surface area contributed by atoms with Crippen molar-refractivity contribution in [1.82, 2.24) is 10.2 Å². The summed E-state index contributed by atoms with van der Waals surface area (Å²) in [6, 6.07) is 0.400. The molecule has 0 aliphatic heterocycles. The Bertz CT molecular complexity index is 237. The van der Waals surface area contributed by atoms with Gasteiger partial charge in [-0.25, -0.2) is 0 Å². The predicted molar refractivity (Wildman–Crippen MR) is 58.6 cm³/mol. The molecule has 0 aromatic rings. The van der Waals surface area contributed by atoms with Crippen molar-refractivity contribution in [3.63, 3.8) is 0 Å². The predicted octanol–water partition coefficient (Wildman–Crippen LogP) is 0.566. The molecule has 0 bridgehead atoms. The molecule has 4 nitrogen and oxygen atoms in total. The van der Waals surface area contributed by atoms with E-state index in [9.17, 15) is 9.59 Å². The highest BCUT2D eigenvalue weighted by molar-refractivity contribution is 5.82. The van der Waals surface area contributed by atoms with Crippen molar-refractivity contribution in [2.24, 2.45) is 0 Å². The third-order valence-corrected chi connectivity index (χ3v) is 2.33. The number of amides is 1.